The highest BCUT2D eigenvalue weighted by atomic mass is 16.5. The van der Waals surface area contributed by atoms with Crippen LogP contribution in [0.15, 0.2) is 12.1 Å². The van der Waals surface area contributed by atoms with Crippen molar-refractivity contribution in [3.8, 4) is 17.2 Å². The van der Waals surface area contributed by atoms with Crippen LogP contribution in [0.1, 0.15) is 19.4 Å². The van der Waals surface area contributed by atoms with Crippen LogP contribution >= 0.6 is 0 Å². The number of aliphatic hydroxyl groups is 2. The molecule has 2 unspecified atom stereocenters. The van der Waals surface area contributed by atoms with Gasteiger partial charge in [-0.1, -0.05) is 13.8 Å². The van der Waals surface area contributed by atoms with Gasteiger partial charge in [0.2, 0.25) is 0 Å². The molecule has 1 aromatic rings. The second kappa shape index (κ2) is 6.98. The average molecular weight is 297 g/mol. The first-order valence-corrected chi connectivity index (χ1v) is 7.17. The predicted octanol–water partition coefficient (Wildman–Crippen LogP) is 0.426. The molecule has 2 atom stereocenters. The van der Waals surface area contributed by atoms with Crippen LogP contribution in [0.4, 0.5) is 0 Å². The molecule has 6 heteroatoms. The van der Waals surface area contributed by atoms with Crippen LogP contribution < -0.4 is 14.8 Å². The minimum atomic E-state index is -0.633. The third-order valence-corrected chi connectivity index (χ3v) is 3.25. The summed E-state index contributed by atoms with van der Waals surface area (Å²) in [5.41, 5.74) is 0.543. The number of hydrogen-bond acceptors (Lipinski definition) is 6. The summed E-state index contributed by atoms with van der Waals surface area (Å²) in [6, 6.07) is 3.41. The van der Waals surface area contributed by atoms with E-state index in [1.54, 1.807) is 6.07 Å². The van der Waals surface area contributed by atoms with E-state index in [1.807, 2.05) is 13.8 Å². The standard InChI is InChI=1S/C15H23NO5/c1-9(2)16-6-11(18)8-20-14-4-3-13(19)12-5-10(17)7-21-15(12)14/h3-4,9-11,16-19H,5-8H2,1-2H3. The summed E-state index contributed by atoms with van der Waals surface area (Å²) in [6.07, 6.45) is -0.930. The molecule has 118 valence electrons. The van der Waals surface area contributed by atoms with Gasteiger partial charge in [-0.2, -0.15) is 0 Å². The van der Waals surface area contributed by atoms with E-state index in [4.69, 9.17) is 9.47 Å². The van der Waals surface area contributed by atoms with Gasteiger partial charge in [-0.3, -0.25) is 0 Å². The number of phenols is 1. The zero-order valence-corrected chi connectivity index (χ0v) is 12.4. The van der Waals surface area contributed by atoms with Crippen LogP contribution in [0.5, 0.6) is 17.2 Å². The summed E-state index contributed by atoms with van der Waals surface area (Å²) in [7, 11) is 0. The van der Waals surface area contributed by atoms with Crippen molar-refractivity contribution in [3.05, 3.63) is 17.7 Å². The molecule has 0 fully saturated rings. The van der Waals surface area contributed by atoms with Crippen molar-refractivity contribution < 1.29 is 24.8 Å². The molecule has 1 aromatic carbocycles. The highest BCUT2D eigenvalue weighted by Gasteiger charge is 2.24. The Balaban J connectivity index is 1.99. The van der Waals surface area contributed by atoms with E-state index in [0.717, 1.165) is 0 Å². The molecule has 0 saturated carbocycles. The highest BCUT2D eigenvalue weighted by molar-refractivity contribution is 5.54. The van der Waals surface area contributed by atoms with Crippen LogP contribution in [0.3, 0.4) is 0 Å². The lowest BCUT2D eigenvalue weighted by atomic mass is 10.0. The van der Waals surface area contributed by atoms with Gasteiger partial charge in [0.05, 0.1) is 6.10 Å². The molecule has 0 spiro atoms. The minimum Gasteiger partial charge on any atom is -0.508 e. The second-order valence-electron chi connectivity index (χ2n) is 5.59. The van der Waals surface area contributed by atoms with E-state index in [9.17, 15) is 15.3 Å². The summed E-state index contributed by atoms with van der Waals surface area (Å²) in [5.74, 6) is 1.00. The van der Waals surface area contributed by atoms with E-state index in [1.165, 1.54) is 6.07 Å². The van der Waals surface area contributed by atoms with Crippen LogP contribution in [-0.4, -0.2) is 53.3 Å². The quantitative estimate of drug-likeness (QED) is 0.608. The molecule has 0 amide bonds. The number of aliphatic hydroxyl groups excluding tert-OH is 2. The molecule has 21 heavy (non-hydrogen) atoms. The van der Waals surface area contributed by atoms with Gasteiger partial charge in [0.15, 0.2) is 11.5 Å². The number of nitrogens with one attached hydrogen (secondary N) is 1. The Hall–Kier alpha value is -1.50. The molecule has 1 aliphatic rings. The minimum absolute atomic E-state index is 0.0816. The number of phenolic OH excluding ortho intramolecular Hbond substituents is 1. The maximum Gasteiger partial charge on any atom is 0.168 e. The van der Waals surface area contributed by atoms with Gasteiger partial charge in [-0.25, -0.2) is 0 Å². The maximum atomic E-state index is 9.84. The van der Waals surface area contributed by atoms with Crippen molar-refractivity contribution in [2.75, 3.05) is 19.8 Å². The largest absolute Gasteiger partial charge is 0.508 e. The van der Waals surface area contributed by atoms with Gasteiger partial charge in [-0.05, 0) is 12.1 Å². The van der Waals surface area contributed by atoms with E-state index in [2.05, 4.69) is 5.32 Å². The molecule has 6 nitrogen and oxygen atoms in total. The Morgan fingerprint density at radius 3 is 2.90 bits per heavy atom. The van der Waals surface area contributed by atoms with Crippen molar-refractivity contribution in [1.29, 1.82) is 0 Å². The number of rotatable bonds is 6. The molecular formula is C15H23NO5. The van der Waals surface area contributed by atoms with Crippen LogP contribution in [0, 0.1) is 0 Å². The third-order valence-electron chi connectivity index (χ3n) is 3.25. The SMILES string of the molecule is CC(C)NCC(O)COc1ccc(O)c2c1OCC(O)C2. The second-order valence-corrected chi connectivity index (χ2v) is 5.59. The van der Waals surface area contributed by atoms with Gasteiger partial charge in [0.25, 0.3) is 0 Å². The maximum absolute atomic E-state index is 9.84. The Bertz CT molecular complexity index is 477. The lowest BCUT2D eigenvalue weighted by molar-refractivity contribution is 0.0800. The van der Waals surface area contributed by atoms with Gasteiger partial charge in [0.1, 0.15) is 25.1 Å². The van der Waals surface area contributed by atoms with Gasteiger partial charge >= 0.3 is 0 Å². The Morgan fingerprint density at radius 2 is 2.19 bits per heavy atom. The Morgan fingerprint density at radius 1 is 1.43 bits per heavy atom. The van der Waals surface area contributed by atoms with Gasteiger partial charge < -0.3 is 30.1 Å². The first-order chi connectivity index (χ1) is 9.97. The summed E-state index contributed by atoms with van der Waals surface area (Å²) in [5, 5.41) is 32.4. The predicted molar refractivity (Wildman–Crippen MR) is 78.0 cm³/mol. The average Bonchev–Trinajstić information content (AvgIpc) is 2.45. The number of aromatic hydroxyl groups is 1. The first kappa shape index (κ1) is 15.9. The third kappa shape index (κ3) is 4.23. The Labute approximate surface area is 124 Å². The van der Waals surface area contributed by atoms with Crippen molar-refractivity contribution in [2.24, 2.45) is 0 Å². The molecule has 2 rings (SSSR count). The zero-order valence-electron chi connectivity index (χ0n) is 12.4. The fourth-order valence-electron chi connectivity index (χ4n) is 2.16. The Kier molecular flexibility index (Phi) is 5.27. The fraction of sp³-hybridized carbons (Fsp3) is 0.600. The number of hydrogen-bond donors (Lipinski definition) is 4. The van der Waals surface area contributed by atoms with E-state index in [-0.39, 0.29) is 19.0 Å². The fourth-order valence-corrected chi connectivity index (χ4v) is 2.16. The summed E-state index contributed by atoms with van der Waals surface area (Å²) < 4.78 is 11.0. The summed E-state index contributed by atoms with van der Waals surface area (Å²) >= 11 is 0. The van der Waals surface area contributed by atoms with Crippen molar-refractivity contribution in [3.63, 3.8) is 0 Å². The van der Waals surface area contributed by atoms with Gasteiger partial charge in [0, 0.05) is 24.6 Å². The van der Waals surface area contributed by atoms with E-state index >= 15 is 0 Å². The number of ether oxygens (including phenoxy) is 2. The molecule has 0 aromatic heterocycles. The molecule has 4 N–H and O–H groups in total. The topological polar surface area (TPSA) is 91.2 Å². The molecule has 1 heterocycles. The summed E-state index contributed by atoms with van der Waals surface area (Å²) in [6.45, 7) is 4.75. The summed E-state index contributed by atoms with van der Waals surface area (Å²) in [4.78, 5) is 0. The smallest absolute Gasteiger partial charge is 0.168 e. The molecule has 0 radical (unpaired) electrons. The highest BCUT2D eigenvalue weighted by Crippen LogP contribution is 2.40. The monoisotopic (exact) mass is 297 g/mol. The molecule has 1 aliphatic heterocycles. The van der Waals surface area contributed by atoms with Crippen molar-refractivity contribution in [2.45, 2.75) is 38.5 Å². The normalized spacial score (nSPS) is 19.0. The van der Waals surface area contributed by atoms with Crippen LogP contribution in [0.2, 0.25) is 0 Å². The lowest BCUT2D eigenvalue weighted by Crippen LogP contribution is -2.35. The number of benzene rings is 1. The molecular weight excluding hydrogens is 274 g/mol. The van der Waals surface area contributed by atoms with Crippen LogP contribution in [-0.2, 0) is 6.42 Å². The molecule has 0 aliphatic carbocycles. The first-order valence-electron chi connectivity index (χ1n) is 7.17. The zero-order chi connectivity index (χ0) is 15.4. The van der Waals surface area contributed by atoms with Crippen molar-refractivity contribution in [1.82, 2.24) is 5.32 Å². The van der Waals surface area contributed by atoms with E-state index in [0.29, 0.717) is 36.1 Å². The molecule has 0 bridgehead atoms. The molecule has 0 saturated heterocycles. The lowest BCUT2D eigenvalue weighted by Gasteiger charge is -2.25. The van der Waals surface area contributed by atoms with E-state index < -0.39 is 12.2 Å². The van der Waals surface area contributed by atoms with Gasteiger partial charge in [-0.15, -0.1) is 0 Å². The number of fused-ring (bicyclic) bond motifs is 1. The van der Waals surface area contributed by atoms with Crippen LogP contribution in [0.25, 0.3) is 0 Å². The van der Waals surface area contributed by atoms with Crippen molar-refractivity contribution >= 4 is 0 Å².